The first kappa shape index (κ1) is 19.3. The van der Waals surface area contributed by atoms with Crippen molar-refractivity contribution in [1.82, 2.24) is 4.31 Å². The molecule has 2 aromatic carbocycles. The second-order valence-corrected chi connectivity index (χ2v) is 8.65. The van der Waals surface area contributed by atoms with Crippen LogP contribution in [0.3, 0.4) is 0 Å². The second-order valence-electron chi connectivity index (χ2n) is 6.17. The first-order valence-electron chi connectivity index (χ1n) is 8.54. The van der Waals surface area contributed by atoms with Crippen LogP contribution in [0.2, 0.25) is 0 Å². The monoisotopic (exact) mass is 431 g/mol. The Morgan fingerprint density at radius 3 is 2.72 bits per heavy atom. The van der Waals surface area contributed by atoms with Crippen molar-refractivity contribution in [2.24, 2.45) is 4.40 Å². The lowest BCUT2D eigenvalue weighted by Gasteiger charge is -2.24. The Hall–Kier alpha value is -2.98. The van der Waals surface area contributed by atoms with Gasteiger partial charge in [0.25, 0.3) is 5.91 Å². The molecule has 1 N–H and O–H groups in total. The van der Waals surface area contributed by atoms with E-state index in [-0.39, 0.29) is 18.2 Å². The molecule has 0 aliphatic carbocycles. The van der Waals surface area contributed by atoms with Crippen molar-refractivity contribution in [1.29, 1.82) is 0 Å². The molecule has 29 heavy (non-hydrogen) atoms. The molecule has 10 heteroatoms. The number of fused-ring (bicyclic) bond motifs is 1. The van der Waals surface area contributed by atoms with Crippen molar-refractivity contribution in [3.05, 3.63) is 59.8 Å². The van der Waals surface area contributed by atoms with E-state index in [0.29, 0.717) is 22.7 Å². The van der Waals surface area contributed by atoms with Crippen LogP contribution >= 0.6 is 11.8 Å². The first-order chi connectivity index (χ1) is 13.9. The summed E-state index contributed by atoms with van der Waals surface area (Å²) in [7, 11) is -2.77. The van der Waals surface area contributed by atoms with Gasteiger partial charge in [0.2, 0.25) is 6.79 Å². The number of thioether (sulfide) groups is 1. The largest absolute Gasteiger partial charge is 0.454 e. The van der Waals surface area contributed by atoms with Crippen LogP contribution in [0.1, 0.15) is 5.56 Å². The molecule has 0 radical (unpaired) electrons. The highest BCUT2D eigenvalue weighted by atomic mass is 32.2. The van der Waals surface area contributed by atoms with Gasteiger partial charge in [0, 0.05) is 17.5 Å². The molecular formula is C19H17N3O5S2. The first-order valence-corrected chi connectivity index (χ1v) is 11.2. The van der Waals surface area contributed by atoms with Crippen LogP contribution in [0.4, 0.5) is 5.69 Å². The Morgan fingerprint density at radius 2 is 1.93 bits per heavy atom. The summed E-state index contributed by atoms with van der Waals surface area (Å²) in [6, 6.07) is 12.3. The minimum absolute atomic E-state index is 0.0384. The lowest BCUT2D eigenvalue weighted by atomic mass is 10.1. The third kappa shape index (κ3) is 3.68. The molecule has 0 aromatic heterocycles. The second kappa shape index (κ2) is 7.45. The van der Waals surface area contributed by atoms with E-state index in [1.54, 1.807) is 30.3 Å². The summed E-state index contributed by atoms with van der Waals surface area (Å²) in [5.74, 6) is 0.515. The maximum absolute atomic E-state index is 12.9. The van der Waals surface area contributed by atoms with Crippen molar-refractivity contribution in [3.8, 4) is 11.5 Å². The van der Waals surface area contributed by atoms with E-state index in [1.165, 1.54) is 24.9 Å². The molecule has 0 spiro atoms. The summed E-state index contributed by atoms with van der Waals surface area (Å²) < 4.78 is 40.4. The summed E-state index contributed by atoms with van der Waals surface area (Å²) in [6.45, 7) is 0.102. The lowest BCUT2D eigenvalue weighted by molar-refractivity contribution is -0.113. The Bertz CT molecular complexity index is 1160. The normalized spacial score (nSPS) is 16.8. The predicted octanol–water partition coefficient (Wildman–Crippen LogP) is 2.64. The molecule has 0 unspecified atom stereocenters. The van der Waals surface area contributed by atoms with Crippen molar-refractivity contribution < 1.29 is 22.7 Å². The smallest absolute Gasteiger partial charge is 0.345 e. The number of nitrogens with one attached hydrogen (secondary N) is 1. The maximum atomic E-state index is 12.9. The van der Waals surface area contributed by atoms with Gasteiger partial charge in [-0.25, -0.2) is 4.31 Å². The highest BCUT2D eigenvalue weighted by Crippen LogP contribution is 2.34. The van der Waals surface area contributed by atoms with Crippen LogP contribution in [0.25, 0.3) is 0 Å². The molecule has 2 aromatic rings. The van der Waals surface area contributed by atoms with Crippen molar-refractivity contribution in [2.45, 2.75) is 4.90 Å². The number of para-hydroxylation sites is 1. The van der Waals surface area contributed by atoms with Crippen LogP contribution in [0.15, 0.2) is 63.5 Å². The Labute approximate surface area is 172 Å². The number of hydrogen-bond acceptors (Lipinski definition) is 6. The maximum Gasteiger partial charge on any atom is 0.345 e. The minimum atomic E-state index is -4.06. The van der Waals surface area contributed by atoms with Crippen molar-refractivity contribution in [3.63, 3.8) is 0 Å². The fourth-order valence-electron chi connectivity index (χ4n) is 2.89. The predicted molar refractivity (Wildman–Crippen MR) is 111 cm³/mol. The summed E-state index contributed by atoms with van der Waals surface area (Å²) >= 11 is 1.48. The highest BCUT2D eigenvalue weighted by molar-refractivity contribution is 7.98. The molecule has 8 nitrogen and oxygen atoms in total. The van der Waals surface area contributed by atoms with Gasteiger partial charge in [-0.15, -0.1) is 16.2 Å². The van der Waals surface area contributed by atoms with Gasteiger partial charge >= 0.3 is 10.2 Å². The topological polar surface area (TPSA) is 97.3 Å². The van der Waals surface area contributed by atoms with Crippen LogP contribution in [0.5, 0.6) is 11.5 Å². The number of rotatable bonds is 4. The molecule has 0 saturated heterocycles. The fourth-order valence-corrected chi connectivity index (χ4v) is 4.36. The highest BCUT2D eigenvalue weighted by Gasteiger charge is 2.30. The van der Waals surface area contributed by atoms with E-state index < -0.39 is 16.1 Å². The number of likely N-dealkylation sites (N-methyl/N-ethyl adjacent to an activating group) is 1. The third-order valence-electron chi connectivity index (χ3n) is 4.43. The van der Waals surface area contributed by atoms with Gasteiger partial charge in [-0.3, -0.25) is 4.79 Å². The zero-order valence-electron chi connectivity index (χ0n) is 15.6. The summed E-state index contributed by atoms with van der Waals surface area (Å²) in [6.07, 6.45) is 3.33. The lowest BCUT2D eigenvalue weighted by Crippen LogP contribution is -2.35. The van der Waals surface area contributed by atoms with Crippen LogP contribution in [-0.4, -0.2) is 44.4 Å². The van der Waals surface area contributed by atoms with Gasteiger partial charge in [0.1, 0.15) is 5.70 Å². The van der Waals surface area contributed by atoms with E-state index in [2.05, 4.69) is 9.71 Å². The fraction of sp³-hybridized carbons (Fsp3) is 0.158. The number of carbonyl (C=O) groups excluding carboxylic acids is 1. The minimum Gasteiger partial charge on any atom is -0.454 e. The average Bonchev–Trinajstić information content (AvgIpc) is 3.18. The third-order valence-corrected chi connectivity index (χ3v) is 6.54. The standard InChI is InChI=1S/C19H17N3O5S2/c1-22-15(19(23)20-13-5-3-4-6-18(13)28-2)10-14(21-29(22,24)25)12-7-8-16-17(9-12)27-11-26-16/h3-10H,11H2,1-2H3,(H,20,23). The molecule has 2 aliphatic rings. The number of anilines is 1. The van der Waals surface area contributed by atoms with Gasteiger partial charge in [0.15, 0.2) is 11.5 Å². The van der Waals surface area contributed by atoms with Gasteiger partial charge in [-0.2, -0.15) is 8.42 Å². The quantitative estimate of drug-likeness (QED) is 0.748. The molecule has 150 valence electrons. The Morgan fingerprint density at radius 1 is 1.17 bits per heavy atom. The SMILES string of the molecule is CSc1ccccc1NC(=O)C1=CC(c2ccc3c(c2)OCO3)=NS(=O)(=O)N1C. The van der Waals surface area contributed by atoms with Crippen molar-refractivity contribution >= 4 is 39.3 Å². The van der Waals surface area contributed by atoms with E-state index >= 15 is 0 Å². The number of amides is 1. The van der Waals surface area contributed by atoms with Gasteiger partial charge < -0.3 is 14.8 Å². The Balaban J connectivity index is 1.70. The molecule has 0 bridgehead atoms. The number of benzene rings is 2. The van der Waals surface area contributed by atoms with E-state index in [1.807, 2.05) is 18.4 Å². The summed E-state index contributed by atoms with van der Waals surface area (Å²) in [4.78, 5) is 13.8. The molecule has 1 amide bonds. The number of ether oxygens (including phenoxy) is 2. The van der Waals surface area contributed by atoms with E-state index in [0.717, 1.165) is 9.20 Å². The molecule has 4 rings (SSSR count). The van der Waals surface area contributed by atoms with Crippen molar-refractivity contribution in [2.75, 3.05) is 25.4 Å². The van der Waals surface area contributed by atoms with Crippen LogP contribution < -0.4 is 14.8 Å². The molecular weight excluding hydrogens is 414 g/mol. The van der Waals surface area contributed by atoms with Crippen LogP contribution in [-0.2, 0) is 15.0 Å². The molecule has 2 heterocycles. The van der Waals surface area contributed by atoms with Gasteiger partial charge in [-0.1, -0.05) is 12.1 Å². The number of hydrogen-bond donors (Lipinski definition) is 1. The zero-order valence-corrected chi connectivity index (χ0v) is 17.2. The van der Waals surface area contributed by atoms with Crippen LogP contribution in [0, 0.1) is 0 Å². The molecule has 0 saturated carbocycles. The van der Waals surface area contributed by atoms with E-state index in [4.69, 9.17) is 9.47 Å². The molecule has 2 aliphatic heterocycles. The average molecular weight is 431 g/mol. The number of carbonyl (C=O) groups is 1. The number of nitrogens with zero attached hydrogens (tertiary/aromatic N) is 2. The zero-order chi connectivity index (χ0) is 20.6. The summed E-state index contributed by atoms with van der Waals surface area (Å²) in [5.41, 5.74) is 1.21. The van der Waals surface area contributed by atoms with E-state index in [9.17, 15) is 13.2 Å². The van der Waals surface area contributed by atoms with Gasteiger partial charge in [0.05, 0.1) is 11.4 Å². The Kier molecular flexibility index (Phi) is 4.97. The number of allylic oxidation sites excluding steroid dienone is 1. The van der Waals surface area contributed by atoms with Gasteiger partial charge in [-0.05, 0) is 42.7 Å². The molecule has 0 atom stereocenters. The summed E-state index contributed by atoms with van der Waals surface area (Å²) in [5, 5.41) is 2.78. The molecule has 0 fully saturated rings.